The summed E-state index contributed by atoms with van der Waals surface area (Å²) >= 11 is 0. The van der Waals surface area contributed by atoms with E-state index in [1.165, 1.54) is 44.1 Å². The van der Waals surface area contributed by atoms with Crippen molar-refractivity contribution in [2.45, 2.75) is 83.7 Å². The highest BCUT2D eigenvalue weighted by molar-refractivity contribution is 5.85. The van der Waals surface area contributed by atoms with Crippen LogP contribution >= 0.6 is 12.4 Å². The predicted octanol–water partition coefficient (Wildman–Crippen LogP) is 6.70. The van der Waals surface area contributed by atoms with Crippen molar-refractivity contribution in [2.75, 3.05) is 19.6 Å². The van der Waals surface area contributed by atoms with Crippen LogP contribution in [0.25, 0.3) is 11.1 Å². The fourth-order valence-corrected chi connectivity index (χ4v) is 5.47. The number of aromatic nitrogens is 1. The molecule has 1 saturated carbocycles. The van der Waals surface area contributed by atoms with Crippen LogP contribution in [-0.4, -0.2) is 35.5 Å². The molecule has 1 saturated heterocycles. The number of rotatable bonds is 9. The summed E-state index contributed by atoms with van der Waals surface area (Å²) in [5.74, 6) is 2.17. The summed E-state index contributed by atoms with van der Waals surface area (Å²) in [4.78, 5) is 19.8. The largest absolute Gasteiger partial charge is 0.482 e. The molecular weight excluding hydrogens is 460 g/mol. The number of pyridine rings is 1. The third-order valence-corrected chi connectivity index (χ3v) is 7.53. The normalized spacial score (nSPS) is 18.6. The highest BCUT2D eigenvalue weighted by Gasteiger charge is 2.35. The van der Waals surface area contributed by atoms with Crippen LogP contribution in [0.3, 0.4) is 0 Å². The van der Waals surface area contributed by atoms with Gasteiger partial charge in [0.25, 0.3) is 0 Å². The number of halogens is 1. The van der Waals surface area contributed by atoms with Gasteiger partial charge in [0, 0.05) is 29.9 Å². The number of carbonyl (C=O) groups is 1. The van der Waals surface area contributed by atoms with Crippen molar-refractivity contribution in [1.29, 1.82) is 0 Å². The molecular formula is C29H39ClN2O3. The molecule has 3 heterocycles. The zero-order chi connectivity index (χ0) is 23.5. The second kappa shape index (κ2) is 11.3. The molecule has 5 rings (SSSR count). The molecule has 1 aromatic heterocycles. The Kier molecular flexibility index (Phi) is 8.38. The lowest BCUT2D eigenvalue weighted by Gasteiger charge is -2.35. The molecule has 1 aromatic carbocycles. The molecule has 2 aromatic rings. The first-order valence-electron chi connectivity index (χ1n) is 13.2. The van der Waals surface area contributed by atoms with E-state index in [4.69, 9.17) is 9.47 Å². The first-order valence-corrected chi connectivity index (χ1v) is 13.2. The highest BCUT2D eigenvalue weighted by Crippen LogP contribution is 2.49. The topological polar surface area (TPSA) is 51.7 Å². The van der Waals surface area contributed by atoms with Gasteiger partial charge < -0.3 is 14.4 Å². The zero-order valence-electron chi connectivity index (χ0n) is 21.2. The summed E-state index contributed by atoms with van der Waals surface area (Å²) in [6.45, 7) is 7.45. The first-order chi connectivity index (χ1) is 16.5. The Hall–Kier alpha value is -2.11. The molecule has 6 heteroatoms. The van der Waals surface area contributed by atoms with Crippen LogP contribution < -0.4 is 9.47 Å². The van der Waals surface area contributed by atoms with Crippen LogP contribution in [0.2, 0.25) is 0 Å². The van der Waals surface area contributed by atoms with Crippen molar-refractivity contribution in [3.8, 4) is 22.6 Å². The average Bonchev–Trinajstić information content (AvgIpc) is 3.64. The second-order valence-corrected chi connectivity index (χ2v) is 10.8. The van der Waals surface area contributed by atoms with E-state index in [0.29, 0.717) is 12.2 Å². The summed E-state index contributed by atoms with van der Waals surface area (Å²) in [6, 6.07) is 6.21. The van der Waals surface area contributed by atoms with Crippen molar-refractivity contribution in [2.24, 2.45) is 5.92 Å². The lowest BCUT2D eigenvalue weighted by atomic mass is 9.86. The fourth-order valence-electron chi connectivity index (χ4n) is 5.47. The number of benzene rings is 1. The van der Waals surface area contributed by atoms with Crippen molar-refractivity contribution >= 4 is 18.4 Å². The van der Waals surface area contributed by atoms with Crippen molar-refractivity contribution in [3.05, 3.63) is 41.7 Å². The van der Waals surface area contributed by atoms with E-state index in [-0.39, 0.29) is 18.4 Å². The van der Waals surface area contributed by atoms with E-state index in [1.807, 2.05) is 12.3 Å². The molecule has 2 aliphatic heterocycles. The highest BCUT2D eigenvalue weighted by atomic mass is 35.5. The van der Waals surface area contributed by atoms with Gasteiger partial charge >= 0.3 is 5.97 Å². The third-order valence-electron chi connectivity index (χ3n) is 7.53. The van der Waals surface area contributed by atoms with Crippen LogP contribution in [-0.2, 0) is 16.8 Å². The van der Waals surface area contributed by atoms with Crippen LogP contribution in [0.5, 0.6) is 11.5 Å². The molecule has 3 aliphatic rings. The van der Waals surface area contributed by atoms with E-state index in [1.54, 1.807) is 6.20 Å². The molecule has 0 bridgehead atoms. The van der Waals surface area contributed by atoms with Gasteiger partial charge in [-0.05, 0) is 95.3 Å². The van der Waals surface area contributed by atoms with E-state index in [0.717, 1.165) is 67.3 Å². The summed E-state index contributed by atoms with van der Waals surface area (Å²) in [6.07, 6.45) is 15.0. The molecule has 5 nitrogen and oxygen atoms in total. The van der Waals surface area contributed by atoms with Gasteiger partial charge in [-0.2, -0.15) is 0 Å². The van der Waals surface area contributed by atoms with Gasteiger partial charge in [-0.15, -0.1) is 12.4 Å². The van der Waals surface area contributed by atoms with Gasteiger partial charge in [-0.25, -0.2) is 0 Å². The summed E-state index contributed by atoms with van der Waals surface area (Å²) in [5.41, 5.74) is 3.64. The van der Waals surface area contributed by atoms with Crippen LogP contribution in [0.15, 0.2) is 30.6 Å². The second-order valence-electron chi connectivity index (χ2n) is 10.8. The van der Waals surface area contributed by atoms with Gasteiger partial charge in [0.05, 0.1) is 5.56 Å². The molecule has 190 valence electrons. The lowest BCUT2D eigenvalue weighted by Crippen LogP contribution is -2.31. The van der Waals surface area contributed by atoms with Gasteiger partial charge in [0.2, 0.25) is 0 Å². The maximum atomic E-state index is 12.9. The Balaban J connectivity index is 0.00000289. The van der Waals surface area contributed by atoms with Crippen LogP contribution in [0.4, 0.5) is 0 Å². The van der Waals surface area contributed by atoms with Crippen LogP contribution in [0.1, 0.15) is 82.8 Å². The minimum Gasteiger partial charge on any atom is -0.482 e. The van der Waals surface area contributed by atoms with Gasteiger partial charge in [-0.1, -0.05) is 25.7 Å². The maximum absolute atomic E-state index is 12.9. The van der Waals surface area contributed by atoms with E-state index < -0.39 is 5.60 Å². The molecule has 0 spiro atoms. The Labute approximate surface area is 216 Å². The van der Waals surface area contributed by atoms with E-state index >= 15 is 0 Å². The fraction of sp³-hybridized carbons (Fsp3) is 0.586. The number of aryl methyl sites for hydroxylation is 1. The zero-order valence-corrected chi connectivity index (χ0v) is 22.0. The quantitative estimate of drug-likeness (QED) is 0.284. The summed E-state index contributed by atoms with van der Waals surface area (Å²) in [5, 5.41) is 0. The third kappa shape index (κ3) is 6.37. The monoisotopic (exact) mass is 498 g/mol. The Bertz CT molecular complexity index is 1030. The smallest absolute Gasteiger partial charge is 0.311 e. The number of fused-ring (bicyclic) bond motifs is 3. The number of piperidine rings is 1. The van der Waals surface area contributed by atoms with Crippen LogP contribution in [0, 0.1) is 5.92 Å². The molecule has 2 fully saturated rings. The predicted molar refractivity (Wildman–Crippen MR) is 141 cm³/mol. The van der Waals surface area contributed by atoms with Gasteiger partial charge in [0.15, 0.2) is 0 Å². The Morgan fingerprint density at radius 3 is 2.74 bits per heavy atom. The Morgan fingerprint density at radius 2 is 1.97 bits per heavy atom. The van der Waals surface area contributed by atoms with Crippen molar-refractivity contribution in [3.63, 3.8) is 0 Å². The molecule has 35 heavy (non-hydrogen) atoms. The average molecular weight is 499 g/mol. The SMILES string of the molecule is CC1(C)Oc2cc(CCCC3CC3)cc(OC(=O)CCCN3CCCCC3)c2-c2cnccc21.Cl. The molecule has 0 N–H and O–H groups in total. The van der Waals surface area contributed by atoms with E-state index in [9.17, 15) is 4.79 Å². The minimum atomic E-state index is -0.465. The lowest BCUT2D eigenvalue weighted by molar-refractivity contribution is -0.134. The van der Waals surface area contributed by atoms with Crippen molar-refractivity contribution in [1.82, 2.24) is 9.88 Å². The number of nitrogens with zero attached hydrogens (tertiary/aromatic N) is 2. The standard InChI is InChI=1S/C29H38N2O3.ClH/c1-29(2)24-13-14-30-20-23(24)28-25(33-27(32)10-7-17-31-15-4-3-5-16-31)18-22(19-26(28)34-29)9-6-8-21-11-12-21;/h13-14,18-21H,3-12,15-17H2,1-2H3;1H. The molecule has 0 unspecified atom stereocenters. The van der Waals surface area contributed by atoms with Gasteiger partial charge in [0.1, 0.15) is 17.1 Å². The van der Waals surface area contributed by atoms with Crippen molar-refractivity contribution < 1.29 is 14.3 Å². The number of hydrogen-bond acceptors (Lipinski definition) is 5. The minimum absolute atomic E-state index is 0. The molecule has 0 amide bonds. The van der Waals surface area contributed by atoms with E-state index in [2.05, 4.69) is 35.9 Å². The Morgan fingerprint density at radius 1 is 1.17 bits per heavy atom. The molecule has 1 aliphatic carbocycles. The number of likely N-dealkylation sites (tertiary alicyclic amines) is 1. The number of ether oxygens (including phenoxy) is 2. The summed E-state index contributed by atoms with van der Waals surface area (Å²) in [7, 11) is 0. The number of esters is 1. The molecule has 0 radical (unpaired) electrons. The number of carbonyl (C=O) groups excluding carboxylic acids is 1. The summed E-state index contributed by atoms with van der Waals surface area (Å²) < 4.78 is 12.5. The molecule has 0 atom stereocenters. The van der Waals surface area contributed by atoms with Gasteiger partial charge in [-0.3, -0.25) is 9.78 Å². The maximum Gasteiger partial charge on any atom is 0.311 e. The number of hydrogen-bond donors (Lipinski definition) is 0. The first kappa shape index (κ1) is 26.0.